The van der Waals surface area contributed by atoms with E-state index in [1.54, 1.807) is 0 Å². The lowest BCUT2D eigenvalue weighted by molar-refractivity contribution is 0.172. The highest BCUT2D eigenvalue weighted by atomic mass is 15.1. The van der Waals surface area contributed by atoms with Crippen molar-refractivity contribution in [3.8, 4) is 0 Å². The van der Waals surface area contributed by atoms with E-state index in [2.05, 4.69) is 49.1 Å². The molecular formula is C18H30N2. The molecule has 0 radical (unpaired) electrons. The van der Waals surface area contributed by atoms with Crippen LogP contribution in [0.3, 0.4) is 0 Å². The van der Waals surface area contributed by atoms with Crippen LogP contribution in [-0.4, -0.2) is 23.0 Å². The van der Waals surface area contributed by atoms with E-state index in [0.717, 1.165) is 19.5 Å². The normalized spacial score (nSPS) is 18.6. The van der Waals surface area contributed by atoms with E-state index in [9.17, 15) is 0 Å². The van der Waals surface area contributed by atoms with Crippen LogP contribution in [0.2, 0.25) is 0 Å². The summed E-state index contributed by atoms with van der Waals surface area (Å²) in [5.41, 5.74) is 8.07. The van der Waals surface area contributed by atoms with Gasteiger partial charge >= 0.3 is 0 Å². The Labute approximate surface area is 124 Å². The summed E-state index contributed by atoms with van der Waals surface area (Å²) >= 11 is 0. The molecular weight excluding hydrogens is 244 g/mol. The predicted molar refractivity (Wildman–Crippen MR) is 86.6 cm³/mol. The highest BCUT2D eigenvalue weighted by Crippen LogP contribution is 2.29. The van der Waals surface area contributed by atoms with Crippen LogP contribution in [0, 0.1) is 0 Å². The summed E-state index contributed by atoms with van der Waals surface area (Å²) in [6.07, 6.45) is 7.57. The Kier molecular flexibility index (Phi) is 5.62. The van der Waals surface area contributed by atoms with Gasteiger partial charge in [0.25, 0.3) is 0 Å². The first kappa shape index (κ1) is 15.5. The van der Waals surface area contributed by atoms with Crippen molar-refractivity contribution in [1.29, 1.82) is 0 Å². The fourth-order valence-electron chi connectivity index (χ4n) is 3.21. The SMILES string of the molecule is CC(C)N(CCC1(N)CCCCC1)Cc1ccccc1. The summed E-state index contributed by atoms with van der Waals surface area (Å²) < 4.78 is 0. The molecule has 0 saturated heterocycles. The van der Waals surface area contributed by atoms with Gasteiger partial charge in [-0.1, -0.05) is 49.6 Å². The molecule has 20 heavy (non-hydrogen) atoms. The summed E-state index contributed by atoms with van der Waals surface area (Å²) in [7, 11) is 0. The second-order valence-electron chi connectivity index (χ2n) is 6.72. The van der Waals surface area contributed by atoms with Crippen molar-refractivity contribution in [2.45, 2.75) is 70.5 Å². The quantitative estimate of drug-likeness (QED) is 0.851. The second-order valence-corrected chi connectivity index (χ2v) is 6.72. The maximum atomic E-state index is 6.57. The molecule has 1 aliphatic carbocycles. The first-order valence-corrected chi connectivity index (χ1v) is 8.16. The molecule has 0 heterocycles. The highest BCUT2D eigenvalue weighted by molar-refractivity contribution is 5.14. The van der Waals surface area contributed by atoms with E-state index in [4.69, 9.17) is 5.73 Å². The molecule has 2 N–H and O–H groups in total. The lowest BCUT2D eigenvalue weighted by Crippen LogP contribution is -2.45. The number of nitrogens with two attached hydrogens (primary N) is 1. The Morgan fingerprint density at radius 1 is 1.10 bits per heavy atom. The Hall–Kier alpha value is -0.860. The molecule has 1 saturated carbocycles. The predicted octanol–water partition coefficient (Wildman–Crippen LogP) is 3.95. The zero-order valence-corrected chi connectivity index (χ0v) is 13.1. The molecule has 2 nitrogen and oxygen atoms in total. The second kappa shape index (κ2) is 7.24. The zero-order chi connectivity index (χ0) is 14.4. The molecule has 2 rings (SSSR count). The topological polar surface area (TPSA) is 29.3 Å². The van der Waals surface area contributed by atoms with Gasteiger partial charge in [-0.05, 0) is 38.7 Å². The van der Waals surface area contributed by atoms with Crippen LogP contribution < -0.4 is 5.73 Å². The smallest absolute Gasteiger partial charge is 0.0236 e. The fraction of sp³-hybridized carbons (Fsp3) is 0.667. The summed E-state index contributed by atoms with van der Waals surface area (Å²) in [4.78, 5) is 2.55. The standard InChI is InChI=1S/C18H30N2/c1-16(2)20(15-17-9-5-3-6-10-17)14-13-18(19)11-7-4-8-12-18/h3,5-6,9-10,16H,4,7-8,11-15,19H2,1-2H3. The van der Waals surface area contributed by atoms with Crippen molar-refractivity contribution in [1.82, 2.24) is 4.90 Å². The Morgan fingerprint density at radius 3 is 2.35 bits per heavy atom. The van der Waals surface area contributed by atoms with Gasteiger partial charge in [0.1, 0.15) is 0 Å². The third-order valence-corrected chi connectivity index (χ3v) is 4.71. The summed E-state index contributed by atoms with van der Waals surface area (Å²) in [5, 5.41) is 0. The third kappa shape index (κ3) is 4.60. The lowest BCUT2D eigenvalue weighted by Gasteiger charge is -2.36. The van der Waals surface area contributed by atoms with Gasteiger partial charge in [0, 0.05) is 24.7 Å². The molecule has 0 atom stereocenters. The van der Waals surface area contributed by atoms with Crippen LogP contribution in [0.5, 0.6) is 0 Å². The van der Waals surface area contributed by atoms with Crippen molar-refractivity contribution in [3.63, 3.8) is 0 Å². The van der Waals surface area contributed by atoms with E-state index in [1.165, 1.54) is 37.7 Å². The monoisotopic (exact) mass is 274 g/mol. The minimum Gasteiger partial charge on any atom is -0.325 e. The molecule has 0 unspecified atom stereocenters. The van der Waals surface area contributed by atoms with Crippen LogP contribution in [0.15, 0.2) is 30.3 Å². The van der Waals surface area contributed by atoms with Crippen LogP contribution in [0.4, 0.5) is 0 Å². The Bertz CT molecular complexity index is 380. The van der Waals surface area contributed by atoms with Gasteiger partial charge in [-0.15, -0.1) is 0 Å². The van der Waals surface area contributed by atoms with E-state index in [-0.39, 0.29) is 5.54 Å². The molecule has 1 aromatic rings. The molecule has 1 aliphatic rings. The van der Waals surface area contributed by atoms with Crippen LogP contribution >= 0.6 is 0 Å². The molecule has 0 aliphatic heterocycles. The van der Waals surface area contributed by atoms with E-state index < -0.39 is 0 Å². The van der Waals surface area contributed by atoms with Crippen molar-refractivity contribution in [2.75, 3.05) is 6.54 Å². The molecule has 1 aromatic carbocycles. The molecule has 0 aromatic heterocycles. The first-order chi connectivity index (χ1) is 9.59. The van der Waals surface area contributed by atoms with Crippen molar-refractivity contribution < 1.29 is 0 Å². The van der Waals surface area contributed by atoms with Gasteiger partial charge < -0.3 is 5.73 Å². The molecule has 1 fully saturated rings. The maximum absolute atomic E-state index is 6.57. The van der Waals surface area contributed by atoms with Gasteiger partial charge in [0.15, 0.2) is 0 Å². The number of hydrogen-bond acceptors (Lipinski definition) is 2. The number of rotatable bonds is 6. The molecule has 0 amide bonds. The van der Waals surface area contributed by atoms with Crippen LogP contribution in [0.25, 0.3) is 0 Å². The number of nitrogens with zero attached hydrogens (tertiary/aromatic N) is 1. The van der Waals surface area contributed by atoms with Gasteiger partial charge in [-0.25, -0.2) is 0 Å². The molecule has 2 heteroatoms. The van der Waals surface area contributed by atoms with Gasteiger partial charge in [-0.2, -0.15) is 0 Å². The third-order valence-electron chi connectivity index (χ3n) is 4.71. The minimum absolute atomic E-state index is 0.0993. The maximum Gasteiger partial charge on any atom is 0.0236 e. The van der Waals surface area contributed by atoms with Gasteiger partial charge in [0.05, 0.1) is 0 Å². The Morgan fingerprint density at radius 2 is 1.75 bits per heavy atom. The largest absolute Gasteiger partial charge is 0.325 e. The molecule has 112 valence electrons. The van der Waals surface area contributed by atoms with Crippen LogP contribution in [-0.2, 0) is 6.54 Å². The van der Waals surface area contributed by atoms with Crippen molar-refractivity contribution >= 4 is 0 Å². The average Bonchev–Trinajstić information content (AvgIpc) is 2.45. The number of benzene rings is 1. The Balaban J connectivity index is 1.89. The van der Waals surface area contributed by atoms with Crippen LogP contribution in [0.1, 0.15) is 57.9 Å². The van der Waals surface area contributed by atoms with Gasteiger partial charge in [-0.3, -0.25) is 4.90 Å². The zero-order valence-electron chi connectivity index (χ0n) is 13.1. The van der Waals surface area contributed by atoms with Crippen molar-refractivity contribution in [2.24, 2.45) is 5.73 Å². The summed E-state index contributed by atoms with van der Waals surface area (Å²) in [6, 6.07) is 11.3. The van der Waals surface area contributed by atoms with E-state index >= 15 is 0 Å². The summed E-state index contributed by atoms with van der Waals surface area (Å²) in [5.74, 6) is 0. The van der Waals surface area contributed by atoms with Crippen molar-refractivity contribution in [3.05, 3.63) is 35.9 Å². The fourth-order valence-corrected chi connectivity index (χ4v) is 3.21. The summed E-state index contributed by atoms with van der Waals surface area (Å²) in [6.45, 7) is 6.72. The van der Waals surface area contributed by atoms with Gasteiger partial charge in [0.2, 0.25) is 0 Å². The first-order valence-electron chi connectivity index (χ1n) is 8.16. The van der Waals surface area contributed by atoms with E-state index in [0.29, 0.717) is 6.04 Å². The lowest BCUT2D eigenvalue weighted by atomic mass is 9.80. The molecule has 0 bridgehead atoms. The van der Waals surface area contributed by atoms with E-state index in [1.807, 2.05) is 0 Å². The number of hydrogen-bond donors (Lipinski definition) is 1. The highest BCUT2D eigenvalue weighted by Gasteiger charge is 2.28. The molecule has 0 spiro atoms. The minimum atomic E-state index is 0.0993. The average molecular weight is 274 g/mol.